The van der Waals surface area contributed by atoms with E-state index in [1.54, 1.807) is 13.1 Å². The van der Waals surface area contributed by atoms with Gasteiger partial charge in [-0.05, 0) is 31.2 Å². The fourth-order valence-electron chi connectivity index (χ4n) is 2.87. The van der Waals surface area contributed by atoms with Gasteiger partial charge < -0.3 is 10.4 Å². The van der Waals surface area contributed by atoms with Crippen LogP contribution in [0.3, 0.4) is 0 Å². The van der Waals surface area contributed by atoms with Gasteiger partial charge in [0.05, 0.1) is 10.5 Å². The summed E-state index contributed by atoms with van der Waals surface area (Å²) in [6, 6.07) is 1.49. The van der Waals surface area contributed by atoms with Crippen molar-refractivity contribution in [3.05, 3.63) is 27.9 Å². The highest BCUT2D eigenvalue weighted by Crippen LogP contribution is 2.33. The van der Waals surface area contributed by atoms with E-state index in [1.807, 2.05) is 0 Å². The lowest BCUT2D eigenvalue weighted by Crippen LogP contribution is -2.41. The fourth-order valence-corrected chi connectivity index (χ4v) is 2.87. The van der Waals surface area contributed by atoms with Crippen molar-refractivity contribution in [3.8, 4) is 0 Å². The molecule has 20 heavy (non-hydrogen) atoms. The summed E-state index contributed by atoms with van der Waals surface area (Å²) >= 11 is 0. The Morgan fingerprint density at radius 1 is 1.65 bits per heavy atom. The molecule has 0 saturated heterocycles. The highest BCUT2D eigenvalue weighted by molar-refractivity contribution is 5.56. The largest absolute Gasteiger partial charge is 0.388 e. The average molecular weight is 279 g/mol. The van der Waals surface area contributed by atoms with Crippen LogP contribution in [0.5, 0.6) is 0 Å². The quantitative estimate of drug-likeness (QED) is 0.653. The van der Waals surface area contributed by atoms with Crippen molar-refractivity contribution < 1.29 is 10.0 Å². The number of nitrogens with zero attached hydrogens (tertiary/aromatic N) is 2. The van der Waals surface area contributed by atoms with Crippen molar-refractivity contribution in [3.63, 3.8) is 0 Å². The smallest absolute Gasteiger partial charge is 0.311 e. The Labute approximate surface area is 118 Å². The number of hydrogen-bond donors (Lipinski definition) is 2. The Morgan fingerprint density at radius 3 is 3.05 bits per heavy atom. The van der Waals surface area contributed by atoms with Crippen LogP contribution in [0, 0.1) is 23.0 Å². The lowest BCUT2D eigenvalue weighted by atomic mass is 9.79. The number of aryl methyl sites for hydroxylation is 1. The van der Waals surface area contributed by atoms with E-state index in [0.717, 1.165) is 31.2 Å². The number of nitro groups is 1. The van der Waals surface area contributed by atoms with E-state index >= 15 is 0 Å². The normalized spacial score (nSPS) is 26.2. The van der Waals surface area contributed by atoms with E-state index in [2.05, 4.69) is 17.2 Å². The zero-order valence-electron chi connectivity index (χ0n) is 11.9. The maximum atomic E-state index is 11.0. The van der Waals surface area contributed by atoms with Crippen LogP contribution in [0.25, 0.3) is 0 Å². The third kappa shape index (κ3) is 3.45. The van der Waals surface area contributed by atoms with Crippen LogP contribution in [-0.4, -0.2) is 27.2 Å². The molecule has 1 aromatic rings. The Balaban J connectivity index is 2.09. The molecule has 1 fully saturated rings. The topological polar surface area (TPSA) is 88.3 Å². The molecule has 0 amide bonds. The molecule has 1 aromatic heterocycles. The maximum absolute atomic E-state index is 11.0. The zero-order valence-corrected chi connectivity index (χ0v) is 11.9. The number of aromatic nitrogens is 1. The molecule has 1 aliphatic rings. The van der Waals surface area contributed by atoms with E-state index in [0.29, 0.717) is 12.5 Å². The zero-order chi connectivity index (χ0) is 14.8. The lowest BCUT2D eigenvalue weighted by Gasteiger charge is -2.35. The molecule has 0 radical (unpaired) electrons. The van der Waals surface area contributed by atoms with E-state index in [1.165, 1.54) is 6.07 Å². The van der Waals surface area contributed by atoms with E-state index < -0.39 is 10.5 Å². The summed E-state index contributed by atoms with van der Waals surface area (Å²) < 4.78 is 0. The predicted molar refractivity (Wildman–Crippen MR) is 76.7 cm³/mol. The van der Waals surface area contributed by atoms with Gasteiger partial charge in [0.2, 0.25) is 5.82 Å². The number of nitrogens with one attached hydrogen (secondary N) is 1. The van der Waals surface area contributed by atoms with Gasteiger partial charge in [-0.25, -0.2) is 4.98 Å². The van der Waals surface area contributed by atoms with Crippen LogP contribution in [0.4, 0.5) is 11.5 Å². The van der Waals surface area contributed by atoms with Crippen molar-refractivity contribution in [1.82, 2.24) is 4.98 Å². The fraction of sp³-hybridized carbons (Fsp3) is 0.643. The molecule has 0 bridgehead atoms. The second kappa shape index (κ2) is 5.75. The minimum atomic E-state index is -0.794. The number of pyridine rings is 1. The Morgan fingerprint density at radius 2 is 2.40 bits per heavy atom. The summed E-state index contributed by atoms with van der Waals surface area (Å²) in [5, 5.41) is 24.5. The molecule has 1 aliphatic carbocycles. The monoisotopic (exact) mass is 279 g/mol. The Kier molecular flexibility index (Phi) is 4.23. The van der Waals surface area contributed by atoms with Crippen molar-refractivity contribution in [2.45, 2.75) is 45.1 Å². The molecule has 1 heterocycles. The van der Waals surface area contributed by atoms with Gasteiger partial charge in [0.25, 0.3) is 0 Å². The van der Waals surface area contributed by atoms with Gasteiger partial charge in [-0.1, -0.05) is 19.8 Å². The maximum Gasteiger partial charge on any atom is 0.311 e. The van der Waals surface area contributed by atoms with Crippen LogP contribution < -0.4 is 5.32 Å². The first kappa shape index (κ1) is 14.7. The van der Waals surface area contributed by atoms with Crippen LogP contribution in [0.1, 0.15) is 38.2 Å². The summed E-state index contributed by atoms with van der Waals surface area (Å²) in [5.74, 6) is 0.712. The molecular weight excluding hydrogens is 258 g/mol. The van der Waals surface area contributed by atoms with Crippen molar-refractivity contribution >= 4 is 11.5 Å². The minimum Gasteiger partial charge on any atom is -0.388 e. The third-order valence-electron chi connectivity index (χ3n) is 3.85. The van der Waals surface area contributed by atoms with Gasteiger partial charge in [-0.15, -0.1) is 0 Å². The van der Waals surface area contributed by atoms with E-state index in [9.17, 15) is 15.2 Å². The number of hydrogen-bond acceptors (Lipinski definition) is 5. The minimum absolute atomic E-state index is 0.0440. The van der Waals surface area contributed by atoms with Gasteiger partial charge in [0.15, 0.2) is 0 Å². The van der Waals surface area contributed by atoms with Gasteiger partial charge in [-0.2, -0.15) is 0 Å². The molecule has 6 nitrogen and oxygen atoms in total. The second-order valence-corrected chi connectivity index (χ2v) is 5.92. The Bertz CT molecular complexity index is 506. The first-order valence-electron chi connectivity index (χ1n) is 6.97. The van der Waals surface area contributed by atoms with Gasteiger partial charge >= 0.3 is 5.69 Å². The van der Waals surface area contributed by atoms with Crippen LogP contribution in [0.2, 0.25) is 0 Å². The van der Waals surface area contributed by atoms with E-state index in [4.69, 9.17) is 0 Å². The van der Waals surface area contributed by atoms with Crippen LogP contribution in [0.15, 0.2) is 12.3 Å². The number of aliphatic hydroxyl groups is 1. The van der Waals surface area contributed by atoms with Crippen LogP contribution in [-0.2, 0) is 0 Å². The van der Waals surface area contributed by atoms with Gasteiger partial charge in [0, 0.05) is 18.8 Å². The number of anilines is 1. The molecular formula is C14H21N3O3. The molecule has 0 aliphatic heterocycles. The highest BCUT2D eigenvalue weighted by Gasteiger charge is 2.33. The molecule has 1 saturated carbocycles. The molecule has 2 unspecified atom stereocenters. The molecule has 0 spiro atoms. The standard InChI is InChI=1S/C14H21N3O3/c1-10-4-3-5-14(18,7-10)9-16-13-12(17(19)20)6-11(2)8-15-13/h6,8,10,18H,3-5,7,9H2,1-2H3,(H,15,16). The molecule has 0 aromatic carbocycles. The molecule has 2 N–H and O–H groups in total. The summed E-state index contributed by atoms with van der Waals surface area (Å²) in [7, 11) is 0. The average Bonchev–Trinajstić information content (AvgIpc) is 2.37. The molecule has 6 heteroatoms. The first-order valence-corrected chi connectivity index (χ1v) is 6.97. The molecule has 2 atom stereocenters. The predicted octanol–water partition coefficient (Wildman–Crippen LogP) is 2.65. The summed E-state index contributed by atoms with van der Waals surface area (Å²) in [6.07, 6.45) is 5.15. The molecule has 2 rings (SSSR count). The van der Waals surface area contributed by atoms with Crippen molar-refractivity contribution in [2.75, 3.05) is 11.9 Å². The molecule has 110 valence electrons. The SMILES string of the molecule is Cc1cnc(NCC2(O)CCCC(C)C2)c([N+](=O)[O-])c1. The highest BCUT2D eigenvalue weighted by atomic mass is 16.6. The van der Waals surface area contributed by atoms with Crippen molar-refractivity contribution in [1.29, 1.82) is 0 Å². The first-order chi connectivity index (χ1) is 9.39. The van der Waals surface area contributed by atoms with Crippen LogP contribution >= 0.6 is 0 Å². The summed E-state index contributed by atoms with van der Waals surface area (Å²) in [6.45, 7) is 4.19. The number of rotatable bonds is 4. The summed E-state index contributed by atoms with van der Waals surface area (Å²) in [5.41, 5.74) is -0.0947. The van der Waals surface area contributed by atoms with Gasteiger partial charge in [0.1, 0.15) is 0 Å². The Hall–Kier alpha value is -1.69. The second-order valence-electron chi connectivity index (χ2n) is 5.92. The lowest BCUT2D eigenvalue weighted by molar-refractivity contribution is -0.384. The van der Waals surface area contributed by atoms with E-state index in [-0.39, 0.29) is 11.5 Å². The van der Waals surface area contributed by atoms with Crippen molar-refractivity contribution in [2.24, 2.45) is 5.92 Å². The van der Waals surface area contributed by atoms with Gasteiger partial charge in [-0.3, -0.25) is 10.1 Å². The summed E-state index contributed by atoms with van der Waals surface area (Å²) in [4.78, 5) is 14.6. The third-order valence-corrected chi connectivity index (χ3v) is 3.85.